The molecule has 1 aromatic heterocycles. The molecule has 1 aliphatic carbocycles. The second-order valence-corrected chi connectivity index (χ2v) is 8.08. The first-order chi connectivity index (χ1) is 10.6. The van der Waals surface area contributed by atoms with E-state index < -0.39 is 28.0 Å². The lowest BCUT2D eigenvalue weighted by atomic mass is 9.94. The van der Waals surface area contributed by atoms with E-state index in [4.69, 9.17) is 11.6 Å². The Hall–Kier alpha value is -1.47. The van der Waals surface area contributed by atoms with E-state index in [0.29, 0.717) is 11.4 Å². The van der Waals surface area contributed by atoms with Crippen LogP contribution in [0.4, 0.5) is 13.2 Å². The highest BCUT2D eigenvalue weighted by Gasteiger charge is 2.39. The van der Waals surface area contributed by atoms with E-state index in [1.807, 2.05) is 0 Å². The number of fused-ring (bicyclic) bond motifs is 1. The summed E-state index contributed by atoms with van der Waals surface area (Å²) in [5.41, 5.74) is 1.07. The maximum atomic E-state index is 13.7. The normalized spacial score (nSPS) is 17.1. The Morgan fingerprint density at radius 3 is 2.61 bits per heavy atom. The maximum Gasteiger partial charge on any atom is 0.252 e. The second kappa shape index (κ2) is 5.27. The van der Waals surface area contributed by atoms with Crippen LogP contribution in [-0.4, -0.2) is 25.2 Å². The molecule has 0 saturated carbocycles. The Morgan fingerprint density at radius 1 is 1.30 bits per heavy atom. The Balaban J connectivity index is 2.23. The number of halogens is 4. The molecular formula is C15H13ClF3NO2S. The Morgan fingerprint density at radius 2 is 2.00 bits per heavy atom. The van der Waals surface area contributed by atoms with Crippen molar-refractivity contribution < 1.29 is 21.6 Å². The summed E-state index contributed by atoms with van der Waals surface area (Å²) in [6, 6.07) is 3.93. The summed E-state index contributed by atoms with van der Waals surface area (Å²) in [6.07, 6.45) is 1.35. The van der Waals surface area contributed by atoms with Crippen LogP contribution < -0.4 is 0 Å². The van der Waals surface area contributed by atoms with Crippen LogP contribution in [-0.2, 0) is 22.7 Å². The quantitative estimate of drug-likeness (QED) is 0.814. The van der Waals surface area contributed by atoms with Gasteiger partial charge in [-0.3, -0.25) is 0 Å². The smallest absolute Gasteiger partial charge is 0.252 e. The molecule has 0 spiro atoms. The van der Waals surface area contributed by atoms with Crippen molar-refractivity contribution in [2.75, 3.05) is 6.26 Å². The van der Waals surface area contributed by atoms with Gasteiger partial charge in [0.25, 0.3) is 5.92 Å². The lowest BCUT2D eigenvalue weighted by Gasteiger charge is -2.24. The molecule has 1 aliphatic rings. The fourth-order valence-electron chi connectivity index (χ4n) is 2.85. The summed E-state index contributed by atoms with van der Waals surface area (Å²) in [5.74, 6) is -3.54. The van der Waals surface area contributed by atoms with Gasteiger partial charge in [0.1, 0.15) is 5.82 Å². The SMILES string of the molecule is CS(=O)(=O)c1cn(-c2ccc(F)c(Cl)c2)c2c1CC(F)(F)CC2. The number of hydrogen-bond donors (Lipinski definition) is 0. The molecule has 0 saturated heterocycles. The van der Waals surface area contributed by atoms with Gasteiger partial charge >= 0.3 is 0 Å². The van der Waals surface area contributed by atoms with Crippen molar-refractivity contribution in [1.82, 2.24) is 4.57 Å². The largest absolute Gasteiger partial charge is 0.319 e. The summed E-state index contributed by atoms with van der Waals surface area (Å²) >= 11 is 5.76. The molecule has 0 fully saturated rings. The van der Waals surface area contributed by atoms with Gasteiger partial charge in [-0.1, -0.05) is 11.6 Å². The zero-order chi connectivity index (χ0) is 17.0. The van der Waals surface area contributed by atoms with E-state index in [1.165, 1.54) is 22.9 Å². The van der Waals surface area contributed by atoms with Crippen LogP contribution in [0.1, 0.15) is 17.7 Å². The number of aromatic nitrogens is 1. The number of sulfone groups is 1. The molecule has 0 aliphatic heterocycles. The Bertz CT molecular complexity index is 890. The number of nitrogens with zero attached hydrogens (tertiary/aromatic N) is 1. The fourth-order valence-corrected chi connectivity index (χ4v) is 3.96. The molecule has 124 valence electrons. The molecule has 0 amide bonds. The highest BCUT2D eigenvalue weighted by Crippen LogP contribution is 2.38. The minimum absolute atomic E-state index is 0.0346. The Kier molecular flexibility index (Phi) is 3.76. The minimum atomic E-state index is -3.66. The minimum Gasteiger partial charge on any atom is -0.319 e. The number of rotatable bonds is 2. The summed E-state index contributed by atoms with van der Waals surface area (Å²) in [6.45, 7) is 0. The van der Waals surface area contributed by atoms with Gasteiger partial charge in [0.15, 0.2) is 9.84 Å². The summed E-state index contributed by atoms with van der Waals surface area (Å²) in [5, 5.41) is -0.119. The first-order valence-corrected chi connectivity index (χ1v) is 9.12. The van der Waals surface area contributed by atoms with Gasteiger partial charge in [-0.2, -0.15) is 0 Å². The predicted molar refractivity (Wildman–Crippen MR) is 80.8 cm³/mol. The van der Waals surface area contributed by atoms with Crippen LogP contribution in [0.25, 0.3) is 5.69 Å². The Labute approximate surface area is 136 Å². The molecule has 0 radical (unpaired) electrons. The van der Waals surface area contributed by atoms with E-state index in [-0.39, 0.29) is 28.3 Å². The average Bonchev–Trinajstić information content (AvgIpc) is 2.79. The lowest BCUT2D eigenvalue weighted by Crippen LogP contribution is -2.27. The van der Waals surface area contributed by atoms with Crippen LogP contribution in [0.3, 0.4) is 0 Å². The van der Waals surface area contributed by atoms with Crippen molar-refractivity contribution in [2.24, 2.45) is 0 Å². The van der Waals surface area contributed by atoms with Gasteiger partial charge in [-0.05, 0) is 30.2 Å². The van der Waals surface area contributed by atoms with Crippen LogP contribution >= 0.6 is 11.6 Å². The van der Waals surface area contributed by atoms with Gasteiger partial charge < -0.3 is 4.57 Å². The third kappa shape index (κ3) is 2.99. The summed E-state index contributed by atoms with van der Waals surface area (Å²) in [4.78, 5) is -0.118. The van der Waals surface area contributed by atoms with Crippen molar-refractivity contribution >= 4 is 21.4 Å². The molecule has 23 heavy (non-hydrogen) atoms. The van der Waals surface area contributed by atoms with E-state index in [9.17, 15) is 21.6 Å². The molecule has 0 bridgehead atoms. The number of alkyl halides is 2. The van der Waals surface area contributed by atoms with E-state index in [1.54, 1.807) is 0 Å². The third-order valence-corrected chi connectivity index (χ3v) is 5.37. The molecule has 0 N–H and O–H groups in total. The monoisotopic (exact) mass is 363 g/mol. The highest BCUT2D eigenvalue weighted by molar-refractivity contribution is 7.90. The van der Waals surface area contributed by atoms with Crippen LogP contribution in [0.2, 0.25) is 5.02 Å². The predicted octanol–water partition coefficient (Wildman–Crippen LogP) is 3.80. The van der Waals surface area contributed by atoms with Crippen molar-refractivity contribution in [3.8, 4) is 5.69 Å². The third-order valence-electron chi connectivity index (χ3n) is 3.93. The van der Waals surface area contributed by atoms with Gasteiger partial charge in [0.05, 0.1) is 9.92 Å². The standard InChI is InChI=1S/C15H13ClF3NO2S/c1-23(21,22)14-8-20(9-2-3-12(17)11(16)6-9)13-4-5-15(18,19)7-10(13)14/h2-3,6,8H,4-5,7H2,1H3. The zero-order valence-corrected chi connectivity index (χ0v) is 13.7. The molecule has 3 rings (SSSR count). The number of benzene rings is 1. The molecule has 1 aromatic carbocycles. The first-order valence-electron chi connectivity index (χ1n) is 6.85. The van der Waals surface area contributed by atoms with Crippen molar-refractivity contribution in [3.05, 3.63) is 46.5 Å². The van der Waals surface area contributed by atoms with Crippen LogP contribution in [0, 0.1) is 5.82 Å². The number of hydrogen-bond acceptors (Lipinski definition) is 2. The van der Waals surface area contributed by atoms with E-state index in [0.717, 1.165) is 12.3 Å². The van der Waals surface area contributed by atoms with E-state index in [2.05, 4.69) is 0 Å². The topological polar surface area (TPSA) is 39.1 Å². The molecule has 0 unspecified atom stereocenters. The molecule has 8 heteroatoms. The van der Waals surface area contributed by atoms with Gasteiger partial charge in [-0.15, -0.1) is 0 Å². The first kappa shape index (κ1) is 16.4. The van der Waals surface area contributed by atoms with Crippen molar-refractivity contribution in [2.45, 2.75) is 30.1 Å². The molecular weight excluding hydrogens is 351 g/mol. The molecule has 1 heterocycles. The molecule has 2 aromatic rings. The van der Waals surface area contributed by atoms with Crippen LogP contribution in [0.15, 0.2) is 29.3 Å². The zero-order valence-electron chi connectivity index (χ0n) is 12.1. The lowest BCUT2D eigenvalue weighted by molar-refractivity contribution is -0.0132. The van der Waals surface area contributed by atoms with E-state index >= 15 is 0 Å². The fraction of sp³-hybridized carbons (Fsp3) is 0.333. The summed E-state index contributed by atoms with van der Waals surface area (Å²) < 4.78 is 66.1. The molecule has 3 nitrogen and oxygen atoms in total. The van der Waals surface area contributed by atoms with Gasteiger partial charge in [0, 0.05) is 36.7 Å². The molecule has 0 atom stereocenters. The van der Waals surface area contributed by atoms with Gasteiger partial charge in [-0.25, -0.2) is 21.6 Å². The van der Waals surface area contributed by atoms with Gasteiger partial charge in [0.2, 0.25) is 0 Å². The van der Waals surface area contributed by atoms with Crippen LogP contribution in [0.5, 0.6) is 0 Å². The average molecular weight is 364 g/mol. The maximum absolute atomic E-state index is 13.7. The van der Waals surface area contributed by atoms with Crippen molar-refractivity contribution in [1.29, 1.82) is 0 Å². The summed E-state index contributed by atoms with van der Waals surface area (Å²) in [7, 11) is -3.66. The van der Waals surface area contributed by atoms with Crippen molar-refractivity contribution in [3.63, 3.8) is 0 Å². The second-order valence-electron chi connectivity index (χ2n) is 5.69. The highest BCUT2D eigenvalue weighted by atomic mass is 35.5.